The molecule has 1 aromatic carbocycles. The lowest BCUT2D eigenvalue weighted by Crippen LogP contribution is -2.27. The molecule has 146 valence electrons. The molecule has 0 unspecified atom stereocenters. The van der Waals surface area contributed by atoms with Crippen molar-refractivity contribution in [3.63, 3.8) is 0 Å². The van der Waals surface area contributed by atoms with Crippen LogP contribution in [0.1, 0.15) is 22.6 Å². The average molecular weight is 418 g/mol. The van der Waals surface area contributed by atoms with Gasteiger partial charge in [-0.2, -0.15) is 0 Å². The minimum absolute atomic E-state index is 0.119. The number of amides is 1. The lowest BCUT2D eigenvalue weighted by molar-refractivity contribution is -0.118. The highest BCUT2D eigenvalue weighted by Gasteiger charge is 2.14. The first-order valence-corrected chi connectivity index (χ1v) is 10.0. The summed E-state index contributed by atoms with van der Waals surface area (Å²) in [5.41, 5.74) is 2.11. The minimum atomic E-state index is -0.156. The van der Waals surface area contributed by atoms with Gasteiger partial charge in [0.2, 0.25) is 5.91 Å². The van der Waals surface area contributed by atoms with Crippen molar-refractivity contribution in [2.24, 2.45) is 7.05 Å². The third-order valence-corrected chi connectivity index (χ3v) is 5.46. The van der Waals surface area contributed by atoms with Crippen molar-refractivity contribution in [2.45, 2.75) is 25.0 Å². The molecule has 2 heterocycles. The van der Waals surface area contributed by atoms with E-state index in [1.165, 1.54) is 16.3 Å². The molecule has 0 radical (unpaired) electrons. The maximum Gasteiger partial charge on any atom is 0.257 e. The molecule has 0 spiro atoms. The van der Waals surface area contributed by atoms with Crippen LogP contribution in [0, 0.1) is 6.92 Å². The fraction of sp³-hybridized carbons (Fsp3) is 0.250. The van der Waals surface area contributed by atoms with Gasteiger partial charge in [0.05, 0.1) is 18.6 Å². The van der Waals surface area contributed by atoms with Crippen LogP contribution in [0.15, 0.2) is 57.0 Å². The molecular formula is C20H20ClN3O3S. The second-order valence-corrected chi connectivity index (χ2v) is 7.65. The Kier molecular flexibility index (Phi) is 6.59. The van der Waals surface area contributed by atoms with Gasteiger partial charge in [-0.15, -0.1) is 0 Å². The van der Waals surface area contributed by atoms with E-state index in [2.05, 4.69) is 10.3 Å². The number of furan rings is 1. The zero-order chi connectivity index (χ0) is 20.1. The summed E-state index contributed by atoms with van der Waals surface area (Å²) >= 11 is 7.26. The van der Waals surface area contributed by atoms with Crippen LogP contribution in [-0.4, -0.2) is 21.2 Å². The van der Waals surface area contributed by atoms with Gasteiger partial charge < -0.3 is 9.73 Å². The van der Waals surface area contributed by atoms with Crippen LogP contribution in [0.2, 0.25) is 5.02 Å². The predicted molar refractivity (Wildman–Crippen MR) is 110 cm³/mol. The quantitative estimate of drug-likeness (QED) is 0.471. The van der Waals surface area contributed by atoms with Crippen molar-refractivity contribution in [3.8, 4) is 0 Å². The second kappa shape index (κ2) is 9.12. The first-order valence-electron chi connectivity index (χ1n) is 8.67. The number of halogens is 1. The highest BCUT2D eigenvalue weighted by molar-refractivity contribution is 7.99. The highest BCUT2D eigenvalue weighted by Crippen LogP contribution is 2.18. The van der Waals surface area contributed by atoms with E-state index in [0.29, 0.717) is 40.2 Å². The Morgan fingerprint density at radius 2 is 2.14 bits per heavy atom. The van der Waals surface area contributed by atoms with Crippen molar-refractivity contribution < 1.29 is 9.21 Å². The van der Waals surface area contributed by atoms with Gasteiger partial charge in [0.25, 0.3) is 5.56 Å². The molecule has 0 saturated carbocycles. The van der Waals surface area contributed by atoms with Gasteiger partial charge in [0, 0.05) is 29.7 Å². The number of nitrogens with one attached hydrogen (secondary N) is 1. The number of rotatable bonds is 7. The number of carbonyl (C=O) groups excluding carboxylic acids is 1. The SMILES string of the molecule is Cc1nc(SCC(=O)NCc2ccco2)n(C)c(=O)c1Cc1cccc(Cl)c1. The number of thioether (sulfide) groups is 1. The number of hydrogen-bond donors (Lipinski definition) is 1. The molecule has 0 fully saturated rings. The van der Waals surface area contributed by atoms with Crippen LogP contribution < -0.4 is 10.9 Å². The van der Waals surface area contributed by atoms with E-state index < -0.39 is 0 Å². The van der Waals surface area contributed by atoms with Gasteiger partial charge in [-0.05, 0) is 36.8 Å². The summed E-state index contributed by atoms with van der Waals surface area (Å²) in [6.45, 7) is 2.14. The molecule has 3 aromatic rings. The summed E-state index contributed by atoms with van der Waals surface area (Å²) in [4.78, 5) is 29.3. The minimum Gasteiger partial charge on any atom is -0.467 e. The number of aromatic nitrogens is 2. The second-order valence-electron chi connectivity index (χ2n) is 6.27. The van der Waals surface area contributed by atoms with Crippen LogP contribution in [0.25, 0.3) is 0 Å². The predicted octanol–water partition coefficient (Wildman–Crippen LogP) is 3.33. The van der Waals surface area contributed by atoms with Crippen LogP contribution in [-0.2, 0) is 24.8 Å². The molecule has 28 heavy (non-hydrogen) atoms. The van der Waals surface area contributed by atoms with Crippen molar-refractivity contribution in [2.75, 3.05) is 5.75 Å². The lowest BCUT2D eigenvalue weighted by Gasteiger charge is -2.12. The molecule has 3 rings (SSSR count). The monoisotopic (exact) mass is 417 g/mol. The van der Waals surface area contributed by atoms with Gasteiger partial charge in [0.15, 0.2) is 5.16 Å². The van der Waals surface area contributed by atoms with Crippen molar-refractivity contribution in [1.82, 2.24) is 14.9 Å². The fourth-order valence-corrected chi connectivity index (χ4v) is 3.75. The van der Waals surface area contributed by atoms with E-state index in [1.807, 2.05) is 25.1 Å². The number of hydrogen-bond acceptors (Lipinski definition) is 5. The van der Waals surface area contributed by atoms with Gasteiger partial charge in [-0.3, -0.25) is 14.2 Å². The molecule has 8 heteroatoms. The Labute approximate surface area is 171 Å². The Hall–Kier alpha value is -2.51. The molecule has 2 aromatic heterocycles. The molecule has 0 atom stereocenters. The standard InChI is InChI=1S/C20H20ClN3O3S/c1-13-17(10-14-5-3-6-15(21)9-14)19(26)24(2)20(23-13)28-12-18(25)22-11-16-7-4-8-27-16/h3-9H,10-12H2,1-2H3,(H,22,25). The summed E-state index contributed by atoms with van der Waals surface area (Å²) in [7, 11) is 1.67. The summed E-state index contributed by atoms with van der Waals surface area (Å²) in [6, 6.07) is 11.0. The fourth-order valence-electron chi connectivity index (χ4n) is 2.69. The highest BCUT2D eigenvalue weighted by atomic mass is 35.5. The van der Waals surface area contributed by atoms with E-state index in [9.17, 15) is 9.59 Å². The maximum absolute atomic E-state index is 12.8. The smallest absolute Gasteiger partial charge is 0.257 e. The number of benzene rings is 1. The lowest BCUT2D eigenvalue weighted by atomic mass is 10.1. The van der Waals surface area contributed by atoms with Crippen LogP contribution in [0.3, 0.4) is 0 Å². The zero-order valence-electron chi connectivity index (χ0n) is 15.6. The Morgan fingerprint density at radius 1 is 1.32 bits per heavy atom. The Morgan fingerprint density at radius 3 is 2.86 bits per heavy atom. The van der Waals surface area contributed by atoms with E-state index in [4.69, 9.17) is 16.0 Å². The summed E-state index contributed by atoms with van der Waals surface area (Å²) < 4.78 is 6.66. The molecule has 0 aliphatic carbocycles. The van der Waals surface area contributed by atoms with Gasteiger partial charge >= 0.3 is 0 Å². The van der Waals surface area contributed by atoms with Gasteiger partial charge in [-0.25, -0.2) is 4.98 Å². The zero-order valence-corrected chi connectivity index (χ0v) is 17.1. The summed E-state index contributed by atoms with van der Waals surface area (Å²) in [5, 5.41) is 3.91. The van der Waals surface area contributed by atoms with Crippen LogP contribution >= 0.6 is 23.4 Å². The number of aryl methyl sites for hydroxylation is 1. The van der Waals surface area contributed by atoms with Gasteiger partial charge in [0.1, 0.15) is 5.76 Å². The maximum atomic E-state index is 12.8. The van der Waals surface area contributed by atoms with E-state index in [1.54, 1.807) is 31.5 Å². The normalized spacial score (nSPS) is 10.8. The first kappa shape index (κ1) is 20.2. The van der Waals surface area contributed by atoms with Gasteiger partial charge in [-0.1, -0.05) is 35.5 Å². The molecule has 1 N–H and O–H groups in total. The van der Waals surface area contributed by atoms with E-state index in [0.717, 1.165) is 5.56 Å². The van der Waals surface area contributed by atoms with Crippen molar-refractivity contribution in [3.05, 3.63) is 80.6 Å². The first-order chi connectivity index (χ1) is 13.4. The van der Waals surface area contributed by atoms with E-state index >= 15 is 0 Å². The molecule has 0 aliphatic heterocycles. The van der Waals surface area contributed by atoms with Crippen LogP contribution in [0.4, 0.5) is 0 Å². The molecule has 1 amide bonds. The number of carbonyl (C=O) groups is 1. The molecular weight excluding hydrogens is 398 g/mol. The third-order valence-electron chi connectivity index (χ3n) is 4.19. The molecule has 6 nitrogen and oxygen atoms in total. The van der Waals surface area contributed by atoms with Crippen molar-refractivity contribution >= 4 is 29.3 Å². The third kappa shape index (κ3) is 5.05. The Bertz CT molecular complexity index is 1030. The average Bonchev–Trinajstić information content (AvgIpc) is 3.19. The van der Waals surface area contributed by atoms with Crippen LogP contribution in [0.5, 0.6) is 0 Å². The molecule has 0 aliphatic rings. The number of nitrogens with zero attached hydrogens (tertiary/aromatic N) is 2. The molecule has 0 bridgehead atoms. The summed E-state index contributed by atoms with van der Waals surface area (Å²) in [5.74, 6) is 0.690. The largest absolute Gasteiger partial charge is 0.467 e. The van der Waals surface area contributed by atoms with Crippen molar-refractivity contribution in [1.29, 1.82) is 0 Å². The van der Waals surface area contributed by atoms with E-state index in [-0.39, 0.29) is 17.2 Å². The molecule has 0 saturated heterocycles. The Balaban J connectivity index is 1.67. The topological polar surface area (TPSA) is 77.1 Å². The summed E-state index contributed by atoms with van der Waals surface area (Å²) in [6.07, 6.45) is 2.02.